The topological polar surface area (TPSA) is 122 Å². The van der Waals surface area contributed by atoms with E-state index in [1.165, 1.54) is 28.6 Å². The number of hydrogen-bond donors (Lipinski definition) is 0. The lowest BCUT2D eigenvalue weighted by Gasteiger charge is -2.34. The largest absolute Gasteiger partial charge is 0.352 e. The number of sulfonamides is 1. The number of amides is 2. The molecule has 1 aromatic carbocycles. The Kier molecular flexibility index (Phi) is 5.38. The third kappa shape index (κ3) is 3.98. The minimum atomic E-state index is -3.70. The molecule has 4 heterocycles. The number of carbonyl (C=O) groups excluding carboxylic acids is 2. The van der Waals surface area contributed by atoms with Crippen molar-refractivity contribution in [2.45, 2.75) is 17.7 Å². The molecule has 0 unspecified atom stereocenters. The van der Waals surface area contributed by atoms with Gasteiger partial charge in [-0.15, -0.1) is 10.2 Å². The van der Waals surface area contributed by atoms with Crippen molar-refractivity contribution in [3.8, 4) is 5.82 Å². The van der Waals surface area contributed by atoms with Crippen molar-refractivity contribution in [3.05, 3.63) is 54.9 Å². The zero-order valence-corrected chi connectivity index (χ0v) is 18.4. The Bertz CT molecular complexity index is 1250. The SMILES string of the molecule is O=C1CCC(=O)N1c1ccc(S(=O)(=O)N2CCN(c3ccc(-n4cccn4)nn3)CC2)cc1. The number of hydrogen-bond acceptors (Lipinski definition) is 8. The van der Waals surface area contributed by atoms with Crippen molar-refractivity contribution < 1.29 is 18.0 Å². The van der Waals surface area contributed by atoms with Crippen LogP contribution in [0, 0.1) is 0 Å². The van der Waals surface area contributed by atoms with Crippen LogP contribution in [0.1, 0.15) is 12.8 Å². The molecular weight excluding hydrogens is 446 g/mol. The van der Waals surface area contributed by atoms with Gasteiger partial charge in [-0.3, -0.25) is 14.5 Å². The van der Waals surface area contributed by atoms with Crippen LogP contribution in [0.15, 0.2) is 59.8 Å². The highest BCUT2D eigenvalue weighted by Crippen LogP contribution is 2.26. The molecule has 12 heteroatoms. The van der Waals surface area contributed by atoms with E-state index in [-0.39, 0.29) is 29.6 Å². The third-order valence-corrected chi connectivity index (χ3v) is 7.64. The van der Waals surface area contributed by atoms with Crippen LogP contribution in [0.3, 0.4) is 0 Å². The summed E-state index contributed by atoms with van der Waals surface area (Å²) in [6, 6.07) is 11.3. The summed E-state index contributed by atoms with van der Waals surface area (Å²) in [5.41, 5.74) is 0.392. The van der Waals surface area contributed by atoms with Gasteiger partial charge in [-0.2, -0.15) is 9.40 Å². The molecule has 2 aliphatic rings. The van der Waals surface area contributed by atoms with Gasteiger partial charge in [0.05, 0.1) is 10.6 Å². The van der Waals surface area contributed by atoms with Gasteiger partial charge in [0.2, 0.25) is 21.8 Å². The predicted octanol–water partition coefficient (Wildman–Crippen LogP) is 0.827. The fourth-order valence-electron chi connectivity index (χ4n) is 3.95. The fourth-order valence-corrected chi connectivity index (χ4v) is 5.37. The molecule has 0 radical (unpaired) electrons. The standard InChI is InChI=1S/C21H21N7O4S/c29-20-8-9-21(30)28(20)16-2-4-17(5-3-16)33(31,32)26-14-12-25(13-15-26)18-6-7-19(24-23-18)27-11-1-10-22-27/h1-7,10-11H,8-9,12-15H2. The van der Waals surface area contributed by atoms with Gasteiger partial charge in [-0.25, -0.2) is 13.1 Å². The molecule has 2 fully saturated rings. The summed E-state index contributed by atoms with van der Waals surface area (Å²) in [5.74, 6) is 0.734. The molecule has 11 nitrogen and oxygen atoms in total. The Labute approximate surface area is 190 Å². The van der Waals surface area contributed by atoms with E-state index in [0.717, 1.165) is 4.90 Å². The van der Waals surface area contributed by atoms with Gasteiger partial charge >= 0.3 is 0 Å². The Morgan fingerprint density at radius 3 is 2.00 bits per heavy atom. The summed E-state index contributed by atoms with van der Waals surface area (Å²) in [6.45, 7) is 1.55. The normalized spacial score (nSPS) is 17.7. The molecule has 0 saturated carbocycles. The first-order valence-electron chi connectivity index (χ1n) is 10.5. The minimum Gasteiger partial charge on any atom is -0.352 e. The van der Waals surface area contributed by atoms with Crippen molar-refractivity contribution in [2.24, 2.45) is 0 Å². The summed E-state index contributed by atoms with van der Waals surface area (Å²) in [6.07, 6.45) is 3.80. The lowest BCUT2D eigenvalue weighted by atomic mass is 10.3. The molecular formula is C21H21N7O4S. The molecule has 0 atom stereocenters. The maximum absolute atomic E-state index is 13.1. The average Bonchev–Trinajstić information content (AvgIpc) is 3.49. The maximum Gasteiger partial charge on any atom is 0.243 e. The Balaban J connectivity index is 1.24. The number of aromatic nitrogens is 4. The third-order valence-electron chi connectivity index (χ3n) is 5.72. The van der Waals surface area contributed by atoms with Gasteiger partial charge in [0.25, 0.3) is 0 Å². The zero-order chi connectivity index (χ0) is 23.0. The number of nitrogens with zero attached hydrogens (tertiary/aromatic N) is 7. The van der Waals surface area contributed by atoms with E-state index >= 15 is 0 Å². The number of rotatable bonds is 5. The van der Waals surface area contributed by atoms with E-state index < -0.39 is 10.0 Å². The summed E-state index contributed by atoms with van der Waals surface area (Å²) in [7, 11) is -3.70. The van der Waals surface area contributed by atoms with Crippen LogP contribution in [0.2, 0.25) is 0 Å². The van der Waals surface area contributed by atoms with E-state index in [1.54, 1.807) is 23.1 Å². The Hall–Kier alpha value is -3.64. The van der Waals surface area contributed by atoms with Gasteiger partial charge in [-0.1, -0.05) is 0 Å². The monoisotopic (exact) mass is 467 g/mol. The second kappa shape index (κ2) is 8.37. The van der Waals surface area contributed by atoms with Crippen LogP contribution < -0.4 is 9.80 Å². The summed E-state index contributed by atoms with van der Waals surface area (Å²) < 4.78 is 29.2. The molecule has 0 aliphatic carbocycles. The first kappa shape index (κ1) is 21.2. The molecule has 2 saturated heterocycles. The van der Waals surface area contributed by atoms with E-state index in [9.17, 15) is 18.0 Å². The first-order valence-corrected chi connectivity index (χ1v) is 11.9. The van der Waals surface area contributed by atoms with E-state index in [1.807, 2.05) is 17.0 Å². The highest BCUT2D eigenvalue weighted by molar-refractivity contribution is 7.89. The van der Waals surface area contributed by atoms with Crippen LogP contribution in [0.4, 0.5) is 11.5 Å². The number of imide groups is 1. The molecule has 170 valence electrons. The van der Waals surface area contributed by atoms with Crippen LogP contribution in [0.5, 0.6) is 0 Å². The first-order chi connectivity index (χ1) is 15.9. The molecule has 2 aromatic heterocycles. The number of benzene rings is 1. The van der Waals surface area contributed by atoms with Gasteiger partial charge in [0.1, 0.15) is 0 Å². The van der Waals surface area contributed by atoms with Crippen LogP contribution in [-0.4, -0.2) is 70.7 Å². The van der Waals surface area contributed by atoms with Crippen LogP contribution in [-0.2, 0) is 19.6 Å². The van der Waals surface area contributed by atoms with Gasteiger partial charge < -0.3 is 4.90 Å². The van der Waals surface area contributed by atoms with Crippen molar-refractivity contribution in [3.63, 3.8) is 0 Å². The van der Waals surface area contributed by atoms with E-state index in [4.69, 9.17) is 0 Å². The summed E-state index contributed by atoms with van der Waals surface area (Å²) in [4.78, 5) is 27.0. The van der Waals surface area contributed by atoms with E-state index in [2.05, 4.69) is 15.3 Å². The lowest BCUT2D eigenvalue weighted by Crippen LogP contribution is -2.49. The molecule has 0 N–H and O–H groups in total. The number of carbonyl (C=O) groups is 2. The molecule has 3 aromatic rings. The predicted molar refractivity (Wildman–Crippen MR) is 118 cm³/mol. The van der Waals surface area contributed by atoms with Crippen LogP contribution >= 0.6 is 0 Å². The van der Waals surface area contributed by atoms with Gasteiger partial charge in [0.15, 0.2) is 11.6 Å². The van der Waals surface area contributed by atoms with Crippen molar-refractivity contribution in [2.75, 3.05) is 36.0 Å². The van der Waals surface area contributed by atoms with Crippen molar-refractivity contribution in [1.82, 2.24) is 24.3 Å². The van der Waals surface area contributed by atoms with Crippen LogP contribution in [0.25, 0.3) is 5.82 Å². The Morgan fingerprint density at radius 2 is 1.42 bits per heavy atom. The smallest absolute Gasteiger partial charge is 0.243 e. The summed E-state index contributed by atoms with van der Waals surface area (Å²) >= 11 is 0. The second-order valence-electron chi connectivity index (χ2n) is 7.71. The number of anilines is 2. The quantitative estimate of drug-likeness (QED) is 0.506. The molecule has 0 bridgehead atoms. The summed E-state index contributed by atoms with van der Waals surface area (Å²) in [5, 5.41) is 12.6. The molecule has 33 heavy (non-hydrogen) atoms. The van der Waals surface area contributed by atoms with Gasteiger partial charge in [-0.05, 0) is 42.5 Å². The second-order valence-corrected chi connectivity index (χ2v) is 9.65. The molecule has 5 rings (SSSR count). The number of piperazine rings is 1. The molecule has 2 aliphatic heterocycles. The molecule has 0 spiro atoms. The average molecular weight is 468 g/mol. The van der Waals surface area contributed by atoms with Crippen molar-refractivity contribution >= 4 is 33.3 Å². The maximum atomic E-state index is 13.1. The van der Waals surface area contributed by atoms with Gasteiger partial charge in [0, 0.05) is 51.4 Å². The lowest BCUT2D eigenvalue weighted by molar-refractivity contribution is -0.121. The molecule has 2 amide bonds. The van der Waals surface area contributed by atoms with E-state index in [0.29, 0.717) is 43.5 Å². The highest BCUT2D eigenvalue weighted by atomic mass is 32.2. The zero-order valence-electron chi connectivity index (χ0n) is 17.6. The minimum absolute atomic E-state index is 0.127. The van der Waals surface area contributed by atoms with Crippen molar-refractivity contribution in [1.29, 1.82) is 0 Å². The fraction of sp³-hybridized carbons (Fsp3) is 0.286. The Morgan fingerprint density at radius 1 is 0.788 bits per heavy atom. The highest BCUT2D eigenvalue weighted by Gasteiger charge is 2.32.